The van der Waals surface area contributed by atoms with Crippen LogP contribution in [0.5, 0.6) is 0 Å². The Balaban J connectivity index is 2.90. The molecule has 0 aliphatic carbocycles. The van der Waals surface area contributed by atoms with Gasteiger partial charge in [0.25, 0.3) is 5.56 Å². The van der Waals surface area contributed by atoms with Crippen molar-refractivity contribution in [2.75, 3.05) is 14.1 Å². The summed E-state index contributed by atoms with van der Waals surface area (Å²) in [5.74, 6) is 0.699. The van der Waals surface area contributed by atoms with Crippen molar-refractivity contribution in [2.45, 2.75) is 6.54 Å². The minimum absolute atomic E-state index is 0.0672. The zero-order valence-electron chi connectivity index (χ0n) is 6.97. The first-order valence-corrected chi connectivity index (χ1v) is 4.56. The lowest BCUT2D eigenvalue weighted by Crippen LogP contribution is -2.19. The van der Waals surface area contributed by atoms with Crippen molar-refractivity contribution in [1.82, 2.24) is 14.9 Å². The molecule has 1 N–H and O–H groups in total. The molecule has 0 aliphatic rings. The van der Waals surface area contributed by atoms with Gasteiger partial charge in [0.15, 0.2) is 0 Å². The third-order valence-corrected chi connectivity index (χ3v) is 2.04. The molecule has 12 heavy (non-hydrogen) atoms. The van der Waals surface area contributed by atoms with Crippen molar-refractivity contribution >= 4 is 22.6 Å². The highest BCUT2D eigenvalue weighted by Crippen LogP contribution is 1.95. The van der Waals surface area contributed by atoms with Gasteiger partial charge in [-0.1, -0.05) is 0 Å². The number of aromatic amines is 1. The fraction of sp³-hybridized carbons (Fsp3) is 0.429. The van der Waals surface area contributed by atoms with Crippen LogP contribution in [0.25, 0.3) is 0 Å². The lowest BCUT2D eigenvalue weighted by atomic mass is 10.5. The van der Waals surface area contributed by atoms with Crippen molar-refractivity contribution < 1.29 is 0 Å². The fourth-order valence-corrected chi connectivity index (χ4v) is 1.07. The van der Waals surface area contributed by atoms with Crippen LogP contribution >= 0.6 is 22.6 Å². The molecule has 0 aromatic carbocycles. The zero-order chi connectivity index (χ0) is 9.14. The van der Waals surface area contributed by atoms with Gasteiger partial charge in [0, 0.05) is 6.20 Å². The number of hydrogen-bond donors (Lipinski definition) is 1. The summed E-state index contributed by atoms with van der Waals surface area (Å²) in [6, 6.07) is 0. The molecule has 1 aromatic heterocycles. The highest BCUT2D eigenvalue weighted by atomic mass is 127. The van der Waals surface area contributed by atoms with Crippen LogP contribution in [-0.2, 0) is 6.54 Å². The van der Waals surface area contributed by atoms with Crippen LogP contribution in [0.1, 0.15) is 5.82 Å². The molecule has 0 saturated carbocycles. The normalized spacial score (nSPS) is 10.7. The molecule has 0 atom stereocenters. The van der Waals surface area contributed by atoms with Gasteiger partial charge in [0.05, 0.1) is 10.1 Å². The maximum Gasteiger partial charge on any atom is 0.264 e. The molecule has 0 bridgehead atoms. The van der Waals surface area contributed by atoms with Crippen LogP contribution in [0.4, 0.5) is 0 Å². The van der Waals surface area contributed by atoms with E-state index in [1.807, 2.05) is 41.6 Å². The smallest absolute Gasteiger partial charge is 0.264 e. The van der Waals surface area contributed by atoms with Crippen LogP contribution in [0.3, 0.4) is 0 Å². The molecule has 1 aromatic rings. The minimum Gasteiger partial charge on any atom is -0.309 e. The molecule has 1 heterocycles. The van der Waals surface area contributed by atoms with Gasteiger partial charge in [0.2, 0.25) is 0 Å². The number of nitrogens with one attached hydrogen (secondary N) is 1. The van der Waals surface area contributed by atoms with Gasteiger partial charge in [-0.2, -0.15) is 0 Å². The van der Waals surface area contributed by atoms with E-state index in [-0.39, 0.29) is 5.56 Å². The Bertz CT molecular complexity index is 321. The Kier molecular flexibility index (Phi) is 3.21. The quantitative estimate of drug-likeness (QED) is 0.799. The van der Waals surface area contributed by atoms with Crippen molar-refractivity contribution in [2.24, 2.45) is 0 Å². The summed E-state index contributed by atoms with van der Waals surface area (Å²) in [5, 5.41) is 0. The van der Waals surface area contributed by atoms with Gasteiger partial charge in [-0.3, -0.25) is 4.79 Å². The van der Waals surface area contributed by atoms with Crippen LogP contribution in [0.15, 0.2) is 11.0 Å². The molecular weight excluding hydrogens is 269 g/mol. The number of hydrogen-bond acceptors (Lipinski definition) is 3. The highest BCUT2D eigenvalue weighted by Gasteiger charge is 1.99. The summed E-state index contributed by atoms with van der Waals surface area (Å²) >= 11 is 1.95. The average molecular weight is 279 g/mol. The number of aromatic nitrogens is 2. The molecule has 1 rings (SSSR count). The van der Waals surface area contributed by atoms with Gasteiger partial charge < -0.3 is 9.88 Å². The Morgan fingerprint density at radius 1 is 1.67 bits per heavy atom. The Morgan fingerprint density at radius 3 is 2.83 bits per heavy atom. The van der Waals surface area contributed by atoms with Crippen LogP contribution in [-0.4, -0.2) is 29.0 Å². The Hall–Kier alpha value is -0.430. The largest absolute Gasteiger partial charge is 0.309 e. The van der Waals surface area contributed by atoms with Gasteiger partial charge in [-0.05, 0) is 36.7 Å². The van der Waals surface area contributed by atoms with Gasteiger partial charge >= 0.3 is 0 Å². The van der Waals surface area contributed by atoms with Gasteiger partial charge in [-0.25, -0.2) is 4.98 Å². The van der Waals surface area contributed by atoms with Crippen molar-refractivity contribution in [3.63, 3.8) is 0 Å². The Morgan fingerprint density at radius 2 is 2.33 bits per heavy atom. The van der Waals surface area contributed by atoms with Crippen molar-refractivity contribution in [3.05, 3.63) is 25.9 Å². The maximum absolute atomic E-state index is 11.1. The van der Waals surface area contributed by atoms with E-state index in [2.05, 4.69) is 9.97 Å². The molecule has 66 valence electrons. The SMILES string of the molecule is CN(C)Cc1ncc(I)c(=O)[nH]1. The first kappa shape index (κ1) is 9.66. The molecule has 0 aliphatic heterocycles. The average Bonchev–Trinajstić information content (AvgIpc) is 1.96. The summed E-state index contributed by atoms with van der Waals surface area (Å²) in [6.07, 6.45) is 1.58. The van der Waals surface area contributed by atoms with E-state index in [4.69, 9.17) is 0 Å². The van der Waals surface area contributed by atoms with E-state index in [1.54, 1.807) is 6.20 Å². The second-order valence-corrected chi connectivity index (χ2v) is 3.91. The molecule has 5 heteroatoms. The number of H-pyrrole nitrogens is 1. The fourth-order valence-electron chi connectivity index (χ4n) is 0.796. The van der Waals surface area contributed by atoms with E-state index >= 15 is 0 Å². The van der Waals surface area contributed by atoms with Crippen molar-refractivity contribution in [1.29, 1.82) is 0 Å². The molecular formula is C7H10IN3O. The van der Waals surface area contributed by atoms with E-state index < -0.39 is 0 Å². The maximum atomic E-state index is 11.1. The third-order valence-electron chi connectivity index (χ3n) is 1.27. The van der Waals surface area contributed by atoms with Crippen LogP contribution in [0.2, 0.25) is 0 Å². The molecule has 0 unspecified atom stereocenters. The predicted octanol–water partition coefficient (Wildman–Crippen LogP) is 0.436. The molecule has 0 fully saturated rings. The zero-order valence-corrected chi connectivity index (χ0v) is 9.12. The molecule has 0 amide bonds. The van der Waals surface area contributed by atoms with Gasteiger partial charge in [-0.15, -0.1) is 0 Å². The Labute approximate surface area is 84.1 Å². The van der Waals surface area contributed by atoms with E-state index in [0.717, 1.165) is 0 Å². The standard InChI is InChI=1S/C7H10IN3O/c1-11(2)4-6-9-3-5(8)7(12)10-6/h3H,4H2,1-2H3,(H,9,10,12). The topological polar surface area (TPSA) is 49.0 Å². The van der Waals surface area contributed by atoms with E-state index in [1.165, 1.54) is 0 Å². The second kappa shape index (κ2) is 3.99. The molecule has 0 spiro atoms. The third kappa shape index (κ3) is 2.56. The molecule has 4 nitrogen and oxygen atoms in total. The highest BCUT2D eigenvalue weighted by molar-refractivity contribution is 14.1. The lowest BCUT2D eigenvalue weighted by Gasteiger charge is -2.07. The molecule has 0 radical (unpaired) electrons. The first-order chi connectivity index (χ1) is 5.59. The van der Waals surface area contributed by atoms with Crippen LogP contribution in [0, 0.1) is 3.57 Å². The van der Waals surface area contributed by atoms with Crippen LogP contribution < -0.4 is 5.56 Å². The molecule has 0 saturated heterocycles. The predicted molar refractivity (Wildman–Crippen MR) is 55.0 cm³/mol. The van der Waals surface area contributed by atoms with Crippen molar-refractivity contribution in [3.8, 4) is 0 Å². The van der Waals surface area contributed by atoms with E-state index in [0.29, 0.717) is 15.9 Å². The summed E-state index contributed by atoms with van der Waals surface area (Å²) < 4.78 is 0.620. The number of halogens is 1. The number of nitrogens with zero attached hydrogens (tertiary/aromatic N) is 2. The summed E-state index contributed by atoms with van der Waals surface area (Å²) in [4.78, 5) is 19.8. The van der Waals surface area contributed by atoms with E-state index in [9.17, 15) is 4.79 Å². The monoisotopic (exact) mass is 279 g/mol. The minimum atomic E-state index is -0.0672. The summed E-state index contributed by atoms with van der Waals surface area (Å²) in [5.41, 5.74) is -0.0672. The second-order valence-electron chi connectivity index (χ2n) is 2.74. The van der Waals surface area contributed by atoms with Gasteiger partial charge in [0.1, 0.15) is 5.82 Å². The summed E-state index contributed by atoms with van der Waals surface area (Å²) in [7, 11) is 3.86. The summed E-state index contributed by atoms with van der Waals surface area (Å²) in [6.45, 7) is 0.659. The lowest BCUT2D eigenvalue weighted by molar-refractivity contribution is 0.389. The first-order valence-electron chi connectivity index (χ1n) is 3.48. The number of rotatable bonds is 2.